The summed E-state index contributed by atoms with van der Waals surface area (Å²) < 4.78 is 24.0. The molecule has 0 bridgehead atoms. The lowest BCUT2D eigenvalue weighted by Gasteiger charge is -2.07. The van der Waals surface area contributed by atoms with E-state index in [4.69, 9.17) is 20.4 Å². The van der Waals surface area contributed by atoms with Crippen LogP contribution < -0.4 is 5.73 Å². The minimum Gasteiger partial charge on any atom is -0.409 e. The Kier molecular flexibility index (Phi) is 6.10. The molecule has 0 unspecified atom stereocenters. The van der Waals surface area contributed by atoms with E-state index in [1.165, 1.54) is 6.07 Å². The zero-order chi connectivity index (χ0) is 13.4. The standard InChI is InChI=1S/C12H17FN2O3/c1-2-17-5-6-18-8-10-4-3-9(7-11(10)13)12(14)15-16/h3-4,7,16H,2,5-6,8H2,1H3,(H2,14,15). The minimum absolute atomic E-state index is 0.127. The molecule has 1 aromatic rings. The highest BCUT2D eigenvalue weighted by Crippen LogP contribution is 2.11. The van der Waals surface area contributed by atoms with Crippen LogP contribution in [0.2, 0.25) is 0 Å². The Balaban J connectivity index is 2.52. The molecule has 0 atom stereocenters. The van der Waals surface area contributed by atoms with Crippen molar-refractivity contribution in [3.05, 3.63) is 35.1 Å². The molecule has 0 amide bonds. The number of rotatable bonds is 7. The van der Waals surface area contributed by atoms with E-state index < -0.39 is 5.82 Å². The largest absolute Gasteiger partial charge is 0.409 e. The first kappa shape index (κ1) is 14.4. The van der Waals surface area contributed by atoms with Gasteiger partial charge in [-0.1, -0.05) is 17.3 Å². The van der Waals surface area contributed by atoms with Crippen molar-refractivity contribution in [2.75, 3.05) is 19.8 Å². The van der Waals surface area contributed by atoms with Crippen molar-refractivity contribution < 1.29 is 19.1 Å². The number of nitrogens with two attached hydrogens (primary N) is 1. The fourth-order valence-corrected chi connectivity index (χ4v) is 1.33. The quantitative estimate of drug-likeness (QED) is 0.255. The van der Waals surface area contributed by atoms with E-state index in [1.54, 1.807) is 12.1 Å². The Hall–Kier alpha value is -1.66. The highest BCUT2D eigenvalue weighted by Gasteiger charge is 2.06. The van der Waals surface area contributed by atoms with Crippen molar-refractivity contribution >= 4 is 5.84 Å². The van der Waals surface area contributed by atoms with Gasteiger partial charge in [-0.25, -0.2) is 4.39 Å². The molecule has 100 valence electrons. The first-order valence-electron chi connectivity index (χ1n) is 5.60. The van der Waals surface area contributed by atoms with Gasteiger partial charge in [0.25, 0.3) is 0 Å². The summed E-state index contributed by atoms with van der Waals surface area (Å²) in [6.07, 6.45) is 0. The summed E-state index contributed by atoms with van der Waals surface area (Å²) in [4.78, 5) is 0. The lowest BCUT2D eigenvalue weighted by Crippen LogP contribution is -2.13. The fraction of sp³-hybridized carbons (Fsp3) is 0.417. The summed E-state index contributed by atoms with van der Waals surface area (Å²) in [6, 6.07) is 4.32. The van der Waals surface area contributed by atoms with Crippen LogP contribution in [-0.2, 0) is 16.1 Å². The van der Waals surface area contributed by atoms with Gasteiger partial charge in [0.05, 0.1) is 19.8 Å². The summed E-state index contributed by atoms with van der Waals surface area (Å²) in [5, 5.41) is 11.3. The molecule has 0 aliphatic rings. The van der Waals surface area contributed by atoms with E-state index >= 15 is 0 Å². The van der Waals surface area contributed by atoms with Gasteiger partial charge in [-0.05, 0) is 13.0 Å². The monoisotopic (exact) mass is 256 g/mol. The molecule has 1 aromatic carbocycles. The summed E-state index contributed by atoms with van der Waals surface area (Å²) in [6.45, 7) is 3.59. The van der Waals surface area contributed by atoms with Crippen molar-refractivity contribution in [3.8, 4) is 0 Å². The van der Waals surface area contributed by atoms with Crippen LogP contribution in [0, 0.1) is 5.82 Å². The molecule has 0 saturated heterocycles. The van der Waals surface area contributed by atoms with Crippen LogP contribution in [0.15, 0.2) is 23.4 Å². The summed E-state index contributed by atoms with van der Waals surface area (Å²) >= 11 is 0. The third-order valence-corrected chi connectivity index (χ3v) is 2.29. The maximum absolute atomic E-state index is 13.6. The van der Waals surface area contributed by atoms with Gasteiger partial charge in [0.1, 0.15) is 5.82 Å². The van der Waals surface area contributed by atoms with Crippen LogP contribution in [0.25, 0.3) is 0 Å². The summed E-state index contributed by atoms with van der Waals surface area (Å²) in [7, 11) is 0. The van der Waals surface area contributed by atoms with Crippen LogP contribution >= 0.6 is 0 Å². The second-order valence-electron chi connectivity index (χ2n) is 3.54. The molecule has 0 aromatic heterocycles. The van der Waals surface area contributed by atoms with E-state index in [0.717, 1.165) is 0 Å². The maximum Gasteiger partial charge on any atom is 0.170 e. The zero-order valence-electron chi connectivity index (χ0n) is 10.2. The fourth-order valence-electron chi connectivity index (χ4n) is 1.33. The highest BCUT2D eigenvalue weighted by molar-refractivity contribution is 5.97. The number of amidine groups is 1. The number of oxime groups is 1. The second kappa shape index (κ2) is 7.62. The molecule has 0 heterocycles. The van der Waals surface area contributed by atoms with Gasteiger partial charge < -0.3 is 20.4 Å². The SMILES string of the molecule is CCOCCOCc1ccc(/C(N)=N/O)cc1F. The lowest BCUT2D eigenvalue weighted by molar-refractivity contribution is 0.0443. The molecule has 0 fully saturated rings. The van der Waals surface area contributed by atoms with Crippen molar-refractivity contribution in [1.29, 1.82) is 0 Å². The average Bonchev–Trinajstić information content (AvgIpc) is 2.39. The molecule has 0 saturated carbocycles. The molecular formula is C12H17FN2O3. The third-order valence-electron chi connectivity index (χ3n) is 2.29. The number of nitrogens with zero attached hydrogens (tertiary/aromatic N) is 1. The van der Waals surface area contributed by atoms with E-state index in [0.29, 0.717) is 30.9 Å². The van der Waals surface area contributed by atoms with Gasteiger partial charge in [-0.15, -0.1) is 0 Å². The van der Waals surface area contributed by atoms with Gasteiger partial charge in [-0.2, -0.15) is 0 Å². The van der Waals surface area contributed by atoms with Crippen molar-refractivity contribution in [2.24, 2.45) is 10.9 Å². The van der Waals surface area contributed by atoms with Crippen LogP contribution in [-0.4, -0.2) is 30.9 Å². The van der Waals surface area contributed by atoms with Gasteiger partial charge in [0.2, 0.25) is 0 Å². The maximum atomic E-state index is 13.6. The topological polar surface area (TPSA) is 77.1 Å². The van der Waals surface area contributed by atoms with Crippen LogP contribution in [0.4, 0.5) is 4.39 Å². The lowest BCUT2D eigenvalue weighted by atomic mass is 10.1. The predicted octanol–water partition coefficient (Wildman–Crippen LogP) is 1.47. The van der Waals surface area contributed by atoms with Gasteiger partial charge in [-0.3, -0.25) is 0 Å². The Morgan fingerprint density at radius 3 is 2.72 bits per heavy atom. The normalized spacial score (nSPS) is 11.8. The molecule has 0 radical (unpaired) electrons. The van der Waals surface area contributed by atoms with Gasteiger partial charge >= 0.3 is 0 Å². The van der Waals surface area contributed by atoms with E-state index in [1.807, 2.05) is 6.92 Å². The first-order valence-corrected chi connectivity index (χ1v) is 5.60. The smallest absolute Gasteiger partial charge is 0.170 e. The molecular weight excluding hydrogens is 239 g/mol. The van der Waals surface area contributed by atoms with E-state index in [2.05, 4.69) is 5.16 Å². The first-order chi connectivity index (χ1) is 8.69. The Morgan fingerprint density at radius 1 is 1.39 bits per heavy atom. The van der Waals surface area contributed by atoms with Crippen molar-refractivity contribution in [1.82, 2.24) is 0 Å². The summed E-state index contributed by atoms with van der Waals surface area (Å²) in [5.41, 5.74) is 6.10. The predicted molar refractivity (Wildman–Crippen MR) is 65.1 cm³/mol. The van der Waals surface area contributed by atoms with Crippen LogP contribution in [0.5, 0.6) is 0 Å². The number of hydrogen-bond acceptors (Lipinski definition) is 4. The Bertz CT molecular complexity index is 410. The van der Waals surface area contributed by atoms with Crippen LogP contribution in [0.1, 0.15) is 18.1 Å². The molecule has 5 nitrogen and oxygen atoms in total. The molecule has 6 heteroatoms. The van der Waals surface area contributed by atoms with Gasteiger partial charge in [0.15, 0.2) is 5.84 Å². The summed E-state index contributed by atoms with van der Waals surface area (Å²) in [5.74, 6) is -0.576. The molecule has 1 rings (SSSR count). The molecule has 18 heavy (non-hydrogen) atoms. The molecule has 0 spiro atoms. The van der Waals surface area contributed by atoms with Crippen LogP contribution in [0.3, 0.4) is 0 Å². The Morgan fingerprint density at radius 2 is 2.11 bits per heavy atom. The Labute approximate surface area is 105 Å². The zero-order valence-corrected chi connectivity index (χ0v) is 10.2. The average molecular weight is 256 g/mol. The highest BCUT2D eigenvalue weighted by atomic mass is 19.1. The molecule has 0 aliphatic heterocycles. The van der Waals surface area contributed by atoms with Crippen molar-refractivity contribution in [2.45, 2.75) is 13.5 Å². The number of benzene rings is 1. The van der Waals surface area contributed by atoms with E-state index in [-0.39, 0.29) is 12.4 Å². The molecule has 0 aliphatic carbocycles. The number of halogens is 1. The third kappa shape index (κ3) is 4.31. The van der Waals surface area contributed by atoms with Gasteiger partial charge in [0, 0.05) is 17.7 Å². The number of ether oxygens (including phenoxy) is 2. The second-order valence-corrected chi connectivity index (χ2v) is 3.54. The van der Waals surface area contributed by atoms with Crippen molar-refractivity contribution in [3.63, 3.8) is 0 Å². The number of hydrogen-bond donors (Lipinski definition) is 2. The van der Waals surface area contributed by atoms with E-state index in [9.17, 15) is 4.39 Å². The molecule has 3 N–H and O–H groups in total. The minimum atomic E-state index is -0.449.